The van der Waals surface area contributed by atoms with E-state index in [0.717, 1.165) is 25.8 Å². The largest absolute Gasteiger partial charge is 0.338 e. The molecule has 1 amide bonds. The molecule has 88 valence electrons. The summed E-state index contributed by atoms with van der Waals surface area (Å²) in [6.07, 6.45) is 5.97. The Bertz CT molecular complexity index is 337. The van der Waals surface area contributed by atoms with Crippen LogP contribution in [0.1, 0.15) is 32.6 Å². The van der Waals surface area contributed by atoms with Gasteiger partial charge in [0.2, 0.25) is 5.91 Å². The van der Waals surface area contributed by atoms with Crippen LogP contribution in [-0.4, -0.2) is 43.6 Å². The Morgan fingerprint density at radius 3 is 3.06 bits per heavy atom. The third kappa shape index (κ3) is 2.37. The molecule has 1 aromatic rings. The van der Waals surface area contributed by atoms with Gasteiger partial charge < -0.3 is 4.90 Å². The number of nitrogens with zero attached hydrogens (tertiary/aromatic N) is 5. The first-order valence-corrected chi connectivity index (χ1v) is 5.81. The molecular formula is C10H17N5O. The second kappa shape index (κ2) is 5.05. The van der Waals surface area contributed by atoms with Gasteiger partial charge in [-0.2, -0.15) is 0 Å². The maximum atomic E-state index is 12.0. The molecule has 0 radical (unpaired) electrons. The summed E-state index contributed by atoms with van der Waals surface area (Å²) in [6.45, 7) is 3.26. The van der Waals surface area contributed by atoms with E-state index in [2.05, 4.69) is 22.4 Å². The maximum absolute atomic E-state index is 12.0. The number of piperidine rings is 1. The lowest BCUT2D eigenvalue weighted by atomic mass is 10.00. The maximum Gasteiger partial charge on any atom is 0.244 e. The van der Waals surface area contributed by atoms with E-state index in [4.69, 9.17) is 0 Å². The number of likely N-dealkylation sites (tertiary alicyclic amines) is 1. The Kier molecular flexibility index (Phi) is 3.48. The third-order valence-corrected chi connectivity index (χ3v) is 3.11. The monoisotopic (exact) mass is 223 g/mol. The van der Waals surface area contributed by atoms with Gasteiger partial charge in [0.15, 0.2) is 0 Å². The van der Waals surface area contributed by atoms with E-state index >= 15 is 0 Å². The minimum absolute atomic E-state index is 0.124. The van der Waals surface area contributed by atoms with Gasteiger partial charge in [0.05, 0.1) is 0 Å². The van der Waals surface area contributed by atoms with Gasteiger partial charge in [0, 0.05) is 12.6 Å². The van der Waals surface area contributed by atoms with Crippen molar-refractivity contribution in [3.8, 4) is 0 Å². The van der Waals surface area contributed by atoms with E-state index in [9.17, 15) is 4.79 Å². The van der Waals surface area contributed by atoms with Crippen molar-refractivity contribution in [2.75, 3.05) is 6.54 Å². The van der Waals surface area contributed by atoms with Crippen LogP contribution >= 0.6 is 0 Å². The number of carbonyl (C=O) groups is 1. The molecular weight excluding hydrogens is 206 g/mol. The molecule has 0 saturated carbocycles. The summed E-state index contributed by atoms with van der Waals surface area (Å²) in [7, 11) is 0. The molecule has 1 aliphatic rings. The van der Waals surface area contributed by atoms with Crippen molar-refractivity contribution in [2.24, 2.45) is 0 Å². The number of rotatable bonds is 3. The SMILES string of the molecule is CCC1CCCCN1C(=O)Cn1cnnn1. The van der Waals surface area contributed by atoms with Crippen molar-refractivity contribution in [1.29, 1.82) is 0 Å². The molecule has 0 N–H and O–H groups in total. The second-order valence-corrected chi connectivity index (χ2v) is 4.15. The van der Waals surface area contributed by atoms with Gasteiger partial charge >= 0.3 is 0 Å². The summed E-state index contributed by atoms with van der Waals surface area (Å²) in [5, 5.41) is 10.8. The minimum atomic E-state index is 0.124. The molecule has 1 atom stereocenters. The van der Waals surface area contributed by atoms with Gasteiger partial charge in [-0.05, 0) is 36.1 Å². The highest BCUT2D eigenvalue weighted by molar-refractivity contribution is 5.76. The van der Waals surface area contributed by atoms with Crippen LogP contribution in [0.4, 0.5) is 0 Å². The normalized spacial score (nSPS) is 21.1. The van der Waals surface area contributed by atoms with Crippen LogP contribution in [0.3, 0.4) is 0 Å². The summed E-state index contributed by atoms with van der Waals surface area (Å²) >= 11 is 0. The van der Waals surface area contributed by atoms with Gasteiger partial charge in [-0.15, -0.1) is 5.10 Å². The van der Waals surface area contributed by atoms with E-state index in [-0.39, 0.29) is 12.5 Å². The zero-order chi connectivity index (χ0) is 11.4. The number of hydrogen-bond acceptors (Lipinski definition) is 4. The van der Waals surface area contributed by atoms with E-state index < -0.39 is 0 Å². The molecule has 1 aromatic heterocycles. The molecule has 1 aliphatic heterocycles. The standard InChI is InChI=1S/C10H17N5O/c1-2-9-5-3-4-6-15(9)10(16)7-14-8-11-12-13-14/h8-9H,2-7H2,1H3. The summed E-state index contributed by atoms with van der Waals surface area (Å²) in [5.74, 6) is 0.124. The van der Waals surface area contributed by atoms with Gasteiger partial charge in [-0.25, -0.2) is 4.68 Å². The third-order valence-electron chi connectivity index (χ3n) is 3.11. The Labute approximate surface area is 94.6 Å². The fraction of sp³-hybridized carbons (Fsp3) is 0.800. The summed E-state index contributed by atoms with van der Waals surface area (Å²) in [4.78, 5) is 14.0. The summed E-state index contributed by atoms with van der Waals surface area (Å²) in [6, 6.07) is 0.401. The van der Waals surface area contributed by atoms with Crippen molar-refractivity contribution in [3.05, 3.63) is 6.33 Å². The smallest absolute Gasteiger partial charge is 0.244 e. The van der Waals surface area contributed by atoms with E-state index in [1.807, 2.05) is 4.90 Å². The highest BCUT2D eigenvalue weighted by Gasteiger charge is 2.25. The fourth-order valence-electron chi connectivity index (χ4n) is 2.24. The zero-order valence-electron chi connectivity index (χ0n) is 9.54. The highest BCUT2D eigenvalue weighted by atomic mass is 16.2. The predicted octanol–water partition coefficient (Wildman–Crippen LogP) is 0.464. The Balaban J connectivity index is 1.97. The van der Waals surface area contributed by atoms with Crippen LogP contribution in [0, 0.1) is 0 Å². The van der Waals surface area contributed by atoms with Crippen LogP contribution in [0.5, 0.6) is 0 Å². The second-order valence-electron chi connectivity index (χ2n) is 4.15. The van der Waals surface area contributed by atoms with Crippen molar-refractivity contribution in [3.63, 3.8) is 0 Å². The molecule has 1 saturated heterocycles. The number of tetrazole rings is 1. The molecule has 1 fully saturated rings. The molecule has 6 nitrogen and oxygen atoms in total. The average molecular weight is 223 g/mol. The molecule has 2 heterocycles. The Morgan fingerprint density at radius 2 is 2.38 bits per heavy atom. The van der Waals surface area contributed by atoms with Gasteiger partial charge in [-0.3, -0.25) is 4.79 Å². The van der Waals surface area contributed by atoms with Crippen molar-refractivity contribution in [1.82, 2.24) is 25.1 Å². The van der Waals surface area contributed by atoms with Crippen LogP contribution < -0.4 is 0 Å². The lowest BCUT2D eigenvalue weighted by Gasteiger charge is -2.35. The van der Waals surface area contributed by atoms with Crippen LogP contribution in [0.25, 0.3) is 0 Å². The molecule has 1 unspecified atom stereocenters. The van der Waals surface area contributed by atoms with E-state index in [1.54, 1.807) is 0 Å². The molecule has 16 heavy (non-hydrogen) atoms. The first-order chi connectivity index (χ1) is 7.81. The Morgan fingerprint density at radius 1 is 1.50 bits per heavy atom. The van der Waals surface area contributed by atoms with E-state index in [1.165, 1.54) is 17.4 Å². The fourth-order valence-corrected chi connectivity index (χ4v) is 2.24. The lowest BCUT2D eigenvalue weighted by Crippen LogP contribution is -2.44. The number of hydrogen-bond donors (Lipinski definition) is 0. The minimum Gasteiger partial charge on any atom is -0.338 e. The summed E-state index contributed by atoms with van der Waals surface area (Å²) < 4.78 is 1.48. The van der Waals surface area contributed by atoms with Crippen LogP contribution in [0.2, 0.25) is 0 Å². The summed E-state index contributed by atoms with van der Waals surface area (Å²) in [5.41, 5.74) is 0. The molecule has 0 spiro atoms. The van der Waals surface area contributed by atoms with Crippen LogP contribution in [0.15, 0.2) is 6.33 Å². The van der Waals surface area contributed by atoms with Gasteiger partial charge in [-0.1, -0.05) is 6.92 Å². The zero-order valence-corrected chi connectivity index (χ0v) is 9.54. The molecule has 6 heteroatoms. The predicted molar refractivity (Wildman–Crippen MR) is 57.5 cm³/mol. The van der Waals surface area contributed by atoms with Crippen molar-refractivity contribution < 1.29 is 4.79 Å². The number of carbonyl (C=O) groups excluding carboxylic acids is 1. The number of aromatic nitrogens is 4. The topological polar surface area (TPSA) is 63.9 Å². The molecule has 0 aliphatic carbocycles. The first-order valence-electron chi connectivity index (χ1n) is 5.81. The van der Waals surface area contributed by atoms with Crippen molar-refractivity contribution >= 4 is 5.91 Å². The quantitative estimate of drug-likeness (QED) is 0.747. The average Bonchev–Trinajstić information content (AvgIpc) is 2.81. The Hall–Kier alpha value is -1.46. The molecule has 0 bridgehead atoms. The molecule has 2 rings (SSSR count). The van der Waals surface area contributed by atoms with Crippen molar-refractivity contribution in [2.45, 2.75) is 45.2 Å². The molecule has 0 aromatic carbocycles. The highest BCUT2D eigenvalue weighted by Crippen LogP contribution is 2.19. The lowest BCUT2D eigenvalue weighted by molar-refractivity contribution is -0.135. The van der Waals surface area contributed by atoms with Gasteiger partial charge in [0.1, 0.15) is 12.9 Å². The van der Waals surface area contributed by atoms with E-state index in [0.29, 0.717) is 6.04 Å². The first kappa shape index (κ1) is 11.0. The van der Waals surface area contributed by atoms with Crippen LogP contribution in [-0.2, 0) is 11.3 Å². The van der Waals surface area contributed by atoms with Gasteiger partial charge in [0.25, 0.3) is 0 Å². The number of amides is 1.